The molecule has 91 heavy (non-hydrogen) atoms. The Labute approximate surface area is 553 Å². The molecule has 0 unspecified atom stereocenters. The normalized spacial score (nSPS) is 13.0. The van der Waals surface area contributed by atoms with E-state index in [1.807, 2.05) is 17.0 Å². The number of non-ortho nitro benzene ring substituents is 1. The molecule has 0 radical (unpaired) electrons. The number of rotatable bonds is 48. The minimum Gasteiger partial charge on any atom is -0.490 e. The van der Waals surface area contributed by atoms with E-state index in [0.717, 1.165) is 83.3 Å². The van der Waals surface area contributed by atoms with Crippen molar-refractivity contribution in [3.05, 3.63) is 114 Å². The number of nitro benzene ring substituents is 1. The highest BCUT2D eigenvalue weighted by atomic mass is 16.6. The van der Waals surface area contributed by atoms with Crippen molar-refractivity contribution in [2.75, 3.05) is 50.6 Å². The van der Waals surface area contributed by atoms with Gasteiger partial charge in [-0.3, -0.25) is 19.7 Å². The second-order valence-corrected chi connectivity index (χ2v) is 27.4. The Kier molecular flexibility index (Phi) is 35.6. The number of carbonyl (C=O) groups excluding carboxylic acids is 2. The number of nitro groups is 1. The van der Waals surface area contributed by atoms with Crippen LogP contribution in [0.1, 0.15) is 330 Å². The lowest BCUT2D eigenvalue weighted by atomic mass is 9.66. The molecule has 0 aliphatic carbocycles. The van der Waals surface area contributed by atoms with Crippen LogP contribution in [-0.4, -0.2) is 61.6 Å². The van der Waals surface area contributed by atoms with Crippen LogP contribution in [0, 0.1) is 51.7 Å². The monoisotopic (exact) mass is 1250 g/mol. The summed E-state index contributed by atoms with van der Waals surface area (Å²) in [5.41, 5.74) is 16.1. The maximum Gasteiger partial charge on any atom is 0.270 e. The molecule has 2 amide bonds. The molecule has 11 heteroatoms. The average molecular weight is 1260 g/mol. The van der Waals surface area contributed by atoms with Crippen LogP contribution in [-0.2, 0) is 5.41 Å². The van der Waals surface area contributed by atoms with Gasteiger partial charge in [0.25, 0.3) is 17.5 Å². The van der Waals surface area contributed by atoms with E-state index in [0.29, 0.717) is 85.3 Å². The van der Waals surface area contributed by atoms with Crippen molar-refractivity contribution in [2.24, 2.45) is 0 Å². The van der Waals surface area contributed by atoms with E-state index in [1.54, 1.807) is 25.8 Å². The zero-order valence-electron chi connectivity index (χ0n) is 59.3. The predicted octanol–water partition coefficient (Wildman–Crippen LogP) is 22.8. The number of nitrogen functional groups attached to an aromatic ring is 1. The first-order valence-electron chi connectivity index (χ1n) is 37.0. The summed E-state index contributed by atoms with van der Waals surface area (Å²) in [6, 6.07) is 15.7. The zero-order chi connectivity index (χ0) is 65.8. The topological polar surface area (TPSA) is 137 Å². The number of nitrogens with zero attached hydrogens (tertiary/aromatic N) is 3. The van der Waals surface area contributed by atoms with Crippen LogP contribution in [0.2, 0.25) is 0 Å². The summed E-state index contributed by atoms with van der Waals surface area (Å²) in [5.74, 6) is 1.57. The van der Waals surface area contributed by atoms with Crippen LogP contribution < -0.4 is 24.8 Å². The van der Waals surface area contributed by atoms with E-state index >= 15 is 4.79 Å². The number of hydrogen-bond donors (Lipinski definition) is 1. The largest absolute Gasteiger partial charge is 0.490 e. The number of hydrogen-bond acceptors (Lipinski definition) is 8. The third kappa shape index (κ3) is 25.0. The second kappa shape index (κ2) is 42.6. The predicted molar refractivity (Wildman–Crippen MR) is 384 cm³/mol. The summed E-state index contributed by atoms with van der Waals surface area (Å²) in [6.07, 6.45) is 47.1. The molecule has 0 atom stereocenters. The Balaban J connectivity index is 1.39. The average Bonchev–Trinajstić information content (AvgIpc) is 0.785. The van der Waals surface area contributed by atoms with Crippen molar-refractivity contribution in [2.45, 2.75) is 312 Å². The molecule has 1 aliphatic heterocycles. The number of anilines is 2. The molecule has 1 fully saturated rings. The van der Waals surface area contributed by atoms with Gasteiger partial charge in [0.1, 0.15) is 0 Å². The third-order valence-electron chi connectivity index (χ3n) is 19.7. The molecule has 0 spiro atoms. The molecule has 1 saturated heterocycles. The van der Waals surface area contributed by atoms with Crippen LogP contribution in [0.5, 0.6) is 17.2 Å². The smallest absolute Gasteiger partial charge is 0.270 e. The van der Waals surface area contributed by atoms with Crippen molar-refractivity contribution in [1.82, 2.24) is 4.90 Å². The zero-order valence-corrected chi connectivity index (χ0v) is 59.3. The van der Waals surface area contributed by atoms with E-state index < -0.39 is 10.3 Å². The molecular weight excluding hydrogens is 1130 g/mol. The summed E-state index contributed by atoms with van der Waals surface area (Å²) in [7, 11) is 1.79. The number of unbranched alkanes of at least 4 members (excludes halogenated alkanes) is 33. The van der Waals surface area contributed by atoms with Gasteiger partial charge in [0.15, 0.2) is 11.5 Å². The Hall–Kier alpha value is -5.58. The second-order valence-electron chi connectivity index (χ2n) is 27.4. The van der Waals surface area contributed by atoms with Crippen LogP contribution in [0.25, 0.3) is 0 Å². The number of carbonyl (C=O) groups is 2. The molecule has 4 aromatic rings. The van der Waals surface area contributed by atoms with Crippen LogP contribution in [0.4, 0.5) is 17.1 Å². The number of amides is 2. The SMILES string of the molecule is CCCCCCCCCCCCCCOc1cc(C(=O)N2CCC(c3cc(C)c(N)c(C)c3)(c3cc(C)c(N(C)C(=O)c4c(C)cc([N+](=O)[O-])cc4C)c(C)c3)CC2)cc(OCCCCCCCCCCCCCC)c1OCCCCCCCCCCCCCC. The fraction of sp³-hybridized carbons (Fsp3) is 0.675. The fourth-order valence-corrected chi connectivity index (χ4v) is 14.1. The number of piperidine rings is 1. The van der Waals surface area contributed by atoms with Gasteiger partial charge in [-0.2, -0.15) is 0 Å². The fourth-order valence-electron chi connectivity index (χ4n) is 14.1. The van der Waals surface area contributed by atoms with E-state index in [4.69, 9.17) is 19.9 Å². The molecule has 4 aromatic carbocycles. The number of likely N-dealkylation sites (tertiary alicyclic amines) is 1. The van der Waals surface area contributed by atoms with Gasteiger partial charge < -0.3 is 29.7 Å². The van der Waals surface area contributed by atoms with Gasteiger partial charge in [-0.05, 0) is 130 Å². The maximum absolute atomic E-state index is 15.3. The van der Waals surface area contributed by atoms with E-state index in [2.05, 4.69) is 72.7 Å². The van der Waals surface area contributed by atoms with E-state index in [-0.39, 0.29) is 17.5 Å². The molecule has 0 bridgehead atoms. The summed E-state index contributed by atoms with van der Waals surface area (Å²) >= 11 is 0. The van der Waals surface area contributed by atoms with Crippen molar-refractivity contribution in [3.8, 4) is 17.2 Å². The van der Waals surface area contributed by atoms with E-state index in [9.17, 15) is 14.9 Å². The Bertz CT molecular complexity index is 2660. The van der Waals surface area contributed by atoms with Gasteiger partial charge in [-0.1, -0.05) is 257 Å². The van der Waals surface area contributed by atoms with Gasteiger partial charge in [0.2, 0.25) is 5.75 Å². The van der Waals surface area contributed by atoms with Gasteiger partial charge in [-0.15, -0.1) is 0 Å². The molecule has 1 aliphatic rings. The van der Waals surface area contributed by atoms with Gasteiger partial charge in [0.05, 0.1) is 24.7 Å². The van der Waals surface area contributed by atoms with Gasteiger partial charge in [0, 0.05) is 60.2 Å². The number of ether oxygens (including phenoxy) is 3. The molecule has 5 rings (SSSR count). The summed E-state index contributed by atoms with van der Waals surface area (Å²) in [6.45, 7) is 21.3. The molecule has 1 heterocycles. The number of benzene rings is 4. The lowest BCUT2D eigenvalue weighted by Gasteiger charge is -2.44. The van der Waals surface area contributed by atoms with Crippen molar-refractivity contribution >= 4 is 28.9 Å². The Morgan fingerprint density at radius 3 is 1.13 bits per heavy atom. The van der Waals surface area contributed by atoms with Crippen molar-refractivity contribution in [3.63, 3.8) is 0 Å². The van der Waals surface area contributed by atoms with Gasteiger partial charge in [-0.25, -0.2) is 0 Å². The Morgan fingerprint density at radius 1 is 0.473 bits per heavy atom. The van der Waals surface area contributed by atoms with Crippen LogP contribution >= 0.6 is 0 Å². The van der Waals surface area contributed by atoms with Crippen molar-refractivity contribution in [1.29, 1.82) is 0 Å². The first-order chi connectivity index (χ1) is 44.1. The lowest BCUT2D eigenvalue weighted by Crippen LogP contribution is -2.46. The molecule has 11 nitrogen and oxygen atoms in total. The standard InChI is InChI=1S/C80H126N4O7/c1-11-14-17-20-23-26-29-32-35-38-41-44-51-89-72-60-68(61-73(90-52-45-42-39-36-33-30-27-24-21-18-15-12-2)77(72)91-53-46-43-40-37-34-31-28-25-22-19-16-13-3)78(85)83-49-47-80(48-50-83,69-54-64(6)75(81)65(7)55-69)70-56-66(8)76(67(9)57-70)82(10)79(86)74-62(4)58-71(84(87)88)59-63(74)5/h54-61H,11-53,81H2,1-10H3. The lowest BCUT2D eigenvalue weighted by molar-refractivity contribution is -0.385. The Morgan fingerprint density at radius 2 is 0.791 bits per heavy atom. The number of nitrogens with two attached hydrogens (primary N) is 1. The van der Waals surface area contributed by atoms with E-state index in [1.165, 1.54) is 205 Å². The summed E-state index contributed by atoms with van der Waals surface area (Å²) < 4.78 is 20.4. The molecular formula is C80H126N4O7. The highest BCUT2D eigenvalue weighted by molar-refractivity contribution is 6.08. The minimum atomic E-state index is -0.473. The first kappa shape index (κ1) is 76.1. The first-order valence-corrected chi connectivity index (χ1v) is 37.0. The maximum atomic E-state index is 15.3. The summed E-state index contributed by atoms with van der Waals surface area (Å²) in [4.78, 5) is 44.6. The molecule has 508 valence electrons. The molecule has 0 aromatic heterocycles. The minimum absolute atomic E-state index is 0.0296. The number of aryl methyl sites for hydroxylation is 6. The van der Waals surface area contributed by atoms with Gasteiger partial charge >= 0.3 is 0 Å². The highest BCUT2D eigenvalue weighted by Crippen LogP contribution is 2.47. The van der Waals surface area contributed by atoms with Crippen LogP contribution in [0.15, 0.2) is 48.5 Å². The molecule has 2 N–H and O–H groups in total. The quantitative estimate of drug-likeness (QED) is 0.0200. The van der Waals surface area contributed by atoms with Crippen molar-refractivity contribution < 1.29 is 28.7 Å². The highest BCUT2D eigenvalue weighted by Gasteiger charge is 2.41. The third-order valence-corrected chi connectivity index (χ3v) is 19.7. The van der Waals surface area contributed by atoms with Crippen LogP contribution in [0.3, 0.4) is 0 Å². The summed E-state index contributed by atoms with van der Waals surface area (Å²) in [5, 5.41) is 11.7. The molecule has 0 saturated carbocycles.